The van der Waals surface area contributed by atoms with Crippen molar-refractivity contribution in [2.75, 3.05) is 40.0 Å². The second kappa shape index (κ2) is 17.8. The predicted molar refractivity (Wildman–Crippen MR) is 173 cm³/mol. The Morgan fingerprint density at radius 3 is 2.44 bits per heavy atom. The number of epoxide rings is 2. The van der Waals surface area contributed by atoms with Crippen LogP contribution in [-0.4, -0.2) is 87.3 Å². The predicted octanol–water partition coefficient (Wildman–Crippen LogP) is 5.37. The first-order valence-electron chi connectivity index (χ1n) is 17.2. The number of rotatable bonds is 22. The Labute approximate surface area is 271 Å². The Hall–Kier alpha value is -2.01. The quantitative estimate of drug-likeness (QED) is 0.0698. The van der Waals surface area contributed by atoms with Crippen LogP contribution < -0.4 is 10.6 Å². The van der Waals surface area contributed by atoms with Crippen LogP contribution in [0.15, 0.2) is 12.7 Å². The fraction of sp³-hybridized carbons (Fsp3) is 0.857. The van der Waals surface area contributed by atoms with Gasteiger partial charge in [0, 0.05) is 26.0 Å². The van der Waals surface area contributed by atoms with Crippen molar-refractivity contribution in [2.45, 2.75) is 128 Å². The van der Waals surface area contributed by atoms with E-state index in [9.17, 15) is 14.4 Å². The maximum Gasteiger partial charge on any atom is 0.407 e. The van der Waals surface area contributed by atoms with E-state index in [2.05, 4.69) is 38.0 Å². The van der Waals surface area contributed by atoms with E-state index < -0.39 is 17.8 Å². The highest BCUT2D eigenvalue weighted by Crippen LogP contribution is 2.59. The molecule has 1 amide bonds. The average molecular weight is 637 g/mol. The zero-order valence-corrected chi connectivity index (χ0v) is 28.7. The summed E-state index contributed by atoms with van der Waals surface area (Å²) in [6.07, 6.45) is 8.53. The standard InChI is InChI=1S/C35H60N2O8/c1-8-14-29-34(6,45-29)32-31(41-7)28(16-17-35(32)23-43-35)44-30(39)19-26(25(4)5)22-42-33(40)37-18-13-11-9-10-12-15-27(38)21-36-20-24(2)3/h8,24-26,28-29,31-32,36H,1,9-23H2,2-7H3,(H,37,40)/t26-,28?,29+,31?,32?,34?,35-/m0/s1. The molecular formula is C35H60N2O8. The van der Waals surface area contributed by atoms with E-state index in [4.69, 9.17) is 23.7 Å². The van der Waals surface area contributed by atoms with Gasteiger partial charge in [-0.25, -0.2) is 4.79 Å². The first-order chi connectivity index (χ1) is 21.5. The highest BCUT2D eigenvalue weighted by molar-refractivity contribution is 5.80. The smallest absolute Gasteiger partial charge is 0.407 e. The molecule has 10 heteroatoms. The second-order valence-corrected chi connectivity index (χ2v) is 14.2. The van der Waals surface area contributed by atoms with Crippen LogP contribution in [0, 0.1) is 23.7 Å². The summed E-state index contributed by atoms with van der Waals surface area (Å²) in [6, 6.07) is 0. The van der Waals surface area contributed by atoms with Gasteiger partial charge in [0.15, 0.2) is 0 Å². The summed E-state index contributed by atoms with van der Waals surface area (Å²) in [4.78, 5) is 37.4. The molecule has 1 saturated carbocycles. The van der Waals surface area contributed by atoms with E-state index in [-0.39, 0.29) is 60.3 Å². The van der Waals surface area contributed by atoms with Gasteiger partial charge in [0.1, 0.15) is 29.2 Å². The third-order valence-electron chi connectivity index (χ3n) is 9.74. The van der Waals surface area contributed by atoms with E-state index in [1.165, 1.54) is 0 Å². The van der Waals surface area contributed by atoms with E-state index in [0.717, 1.165) is 51.5 Å². The lowest BCUT2D eigenvalue weighted by Crippen LogP contribution is -2.55. The monoisotopic (exact) mass is 636 g/mol. The minimum atomic E-state index is -0.468. The SMILES string of the molecule is C=CC[C@H]1OC1(C)C1C(OC)C(OC(=O)C[C@@H](COC(=O)NCCCCCCCC(=O)CNCC(C)C)C(C)C)CC[C@]12CO2. The van der Waals surface area contributed by atoms with E-state index in [1.54, 1.807) is 7.11 Å². The summed E-state index contributed by atoms with van der Waals surface area (Å²) in [5.41, 5.74) is -0.677. The lowest BCUT2D eigenvalue weighted by Gasteiger charge is -2.42. The van der Waals surface area contributed by atoms with Gasteiger partial charge in [0.05, 0.1) is 38.2 Å². The fourth-order valence-corrected chi connectivity index (χ4v) is 6.79. The number of nitrogens with one attached hydrogen (secondary N) is 2. The summed E-state index contributed by atoms with van der Waals surface area (Å²) < 4.78 is 29.6. The lowest BCUT2D eigenvalue weighted by molar-refractivity contribution is -0.173. The zero-order valence-electron chi connectivity index (χ0n) is 28.7. The number of ketones is 1. The maximum atomic E-state index is 13.1. The lowest BCUT2D eigenvalue weighted by atomic mass is 9.68. The van der Waals surface area contributed by atoms with Gasteiger partial charge in [-0.15, -0.1) is 6.58 Å². The van der Waals surface area contributed by atoms with E-state index in [1.807, 2.05) is 19.9 Å². The molecule has 0 bridgehead atoms. The third kappa shape index (κ3) is 11.3. The fourth-order valence-electron chi connectivity index (χ4n) is 6.79. The van der Waals surface area contributed by atoms with Crippen LogP contribution in [-0.2, 0) is 33.3 Å². The molecule has 10 nitrogen and oxygen atoms in total. The Morgan fingerprint density at radius 2 is 1.80 bits per heavy atom. The largest absolute Gasteiger partial charge is 0.460 e. The molecule has 7 atom stereocenters. The Morgan fingerprint density at radius 1 is 1.09 bits per heavy atom. The van der Waals surface area contributed by atoms with Crippen molar-refractivity contribution in [1.29, 1.82) is 0 Å². The number of methoxy groups -OCH3 is 1. The molecule has 0 aromatic carbocycles. The van der Waals surface area contributed by atoms with Crippen LogP contribution in [0.4, 0.5) is 4.79 Å². The van der Waals surface area contributed by atoms with E-state index in [0.29, 0.717) is 38.5 Å². The van der Waals surface area contributed by atoms with E-state index >= 15 is 0 Å². The molecule has 0 aromatic heterocycles. The average Bonchev–Trinajstić information content (AvgIpc) is 3.90. The summed E-state index contributed by atoms with van der Waals surface area (Å²) in [5.74, 6) is 0.434. The van der Waals surface area contributed by atoms with Crippen molar-refractivity contribution in [3.8, 4) is 0 Å². The van der Waals surface area contributed by atoms with Crippen molar-refractivity contribution in [3.63, 3.8) is 0 Å². The molecule has 3 rings (SSSR count). The van der Waals surface area contributed by atoms with Gasteiger partial charge in [-0.05, 0) is 57.4 Å². The molecule has 1 spiro atoms. The zero-order chi connectivity index (χ0) is 33.0. The van der Waals surface area contributed by atoms with Crippen LogP contribution in [0.3, 0.4) is 0 Å². The number of carbonyl (C=O) groups is 3. The Balaban J connectivity index is 1.32. The van der Waals surface area contributed by atoms with Gasteiger partial charge in [0.25, 0.3) is 0 Å². The van der Waals surface area contributed by atoms with Crippen LogP contribution >= 0.6 is 0 Å². The highest BCUT2D eigenvalue weighted by Gasteiger charge is 2.72. The molecule has 2 N–H and O–H groups in total. The number of Topliss-reactive ketones (excluding diaryl/α,β-unsaturated/α-hetero) is 1. The van der Waals surface area contributed by atoms with Crippen molar-refractivity contribution in [3.05, 3.63) is 12.7 Å². The minimum Gasteiger partial charge on any atom is -0.460 e. The Bertz CT molecular complexity index is 967. The van der Waals surface area contributed by atoms with Crippen LogP contribution in [0.2, 0.25) is 0 Å². The van der Waals surface area contributed by atoms with Gasteiger partial charge >= 0.3 is 12.1 Å². The molecule has 0 aromatic rings. The molecule has 2 heterocycles. The normalized spacial score (nSPS) is 29.4. The molecule has 2 saturated heterocycles. The summed E-state index contributed by atoms with van der Waals surface area (Å²) in [6.45, 7) is 16.9. The maximum absolute atomic E-state index is 13.1. The number of alkyl carbamates (subject to hydrolysis) is 1. The van der Waals surface area contributed by atoms with Crippen LogP contribution in [0.25, 0.3) is 0 Å². The third-order valence-corrected chi connectivity index (χ3v) is 9.74. The van der Waals surface area contributed by atoms with Gasteiger partial charge < -0.3 is 34.3 Å². The number of amides is 1. The summed E-state index contributed by atoms with van der Waals surface area (Å²) in [7, 11) is 1.66. The van der Waals surface area contributed by atoms with Gasteiger partial charge in [-0.2, -0.15) is 0 Å². The number of ether oxygens (including phenoxy) is 5. The van der Waals surface area contributed by atoms with Crippen LogP contribution in [0.1, 0.15) is 98.8 Å². The molecule has 4 unspecified atom stereocenters. The van der Waals surface area contributed by atoms with Gasteiger partial charge in [0.2, 0.25) is 0 Å². The molecule has 2 aliphatic heterocycles. The first kappa shape index (κ1) is 37.4. The number of hydrogen-bond donors (Lipinski definition) is 2. The molecule has 3 aliphatic rings. The van der Waals surface area contributed by atoms with Crippen molar-refractivity contribution in [1.82, 2.24) is 10.6 Å². The van der Waals surface area contributed by atoms with Crippen LogP contribution in [0.5, 0.6) is 0 Å². The van der Waals surface area contributed by atoms with Gasteiger partial charge in [-0.1, -0.05) is 53.0 Å². The van der Waals surface area contributed by atoms with Crippen molar-refractivity contribution >= 4 is 17.8 Å². The van der Waals surface area contributed by atoms with Crippen molar-refractivity contribution in [2.24, 2.45) is 23.7 Å². The molecule has 258 valence electrons. The number of unbranched alkanes of at least 4 members (excludes halogenated alkanes) is 4. The molecular weight excluding hydrogens is 576 g/mol. The van der Waals surface area contributed by atoms with Crippen molar-refractivity contribution < 1.29 is 38.1 Å². The molecule has 45 heavy (non-hydrogen) atoms. The topological polar surface area (TPSA) is 128 Å². The second-order valence-electron chi connectivity index (χ2n) is 14.2. The Kier molecular flexibility index (Phi) is 14.8. The summed E-state index contributed by atoms with van der Waals surface area (Å²) >= 11 is 0. The molecule has 3 fully saturated rings. The minimum absolute atomic E-state index is 0.0365. The molecule has 0 radical (unpaired) electrons. The highest BCUT2D eigenvalue weighted by atomic mass is 16.6. The number of carbonyl (C=O) groups excluding carboxylic acids is 3. The number of hydrogen-bond acceptors (Lipinski definition) is 9. The van der Waals surface area contributed by atoms with Gasteiger partial charge in [-0.3, -0.25) is 9.59 Å². The first-order valence-corrected chi connectivity index (χ1v) is 17.2. The summed E-state index contributed by atoms with van der Waals surface area (Å²) in [5, 5.41) is 6.01. The number of esters is 1. The molecule has 1 aliphatic carbocycles.